The van der Waals surface area contributed by atoms with Crippen LogP contribution in [-0.4, -0.2) is 43.2 Å². The van der Waals surface area contributed by atoms with Crippen molar-refractivity contribution in [2.45, 2.75) is 25.2 Å². The number of sulfonamides is 1. The number of phenols is 1. The van der Waals surface area contributed by atoms with Gasteiger partial charge in [0.25, 0.3) is 15.9 Å². The van der Waals surface area contributed by atoms with E-state index in [1.165, 1.54) is 30.2 Å². The maximum Gasteiger partial charge on any atom is 0.284 e. The molecular weight excluding hydrogens is 424 g/mol. The van der Waals surface area contributed by atoms with Crippen molar-refractivity contribution >= 4 is 38.9 Å². The van der Waals surface area contributed by atoms with Crippen LogP contribution >= 0.6 is 11.8 Å². The van der Waals surface area contributed by atoms with E-state index in [1.54, 1.807) is 37.3 Å². The molecule has 0 spiro atoms. The molecular formula is C21H22N2O5S2. The van der Waals surface area contributed by atoms with Gasteiger partial charge in [-0.05, 0) is 66.6 Å². The molecule has 0 radical (unpaired) electrons. The van der Waals surface area contributed by atoms with Crippen molar-refractivity contribution in [3.8, 4) is 11.5 Å². The van der Waals surface area contributed by atoms with E-state index in [9.17, 15) is 18.3 Å². The third-order valence-electron chi connectivity index (χ3n) is 4.53. The van der Waals surface area contributed by atoms with Crippen molar-refractivity contribution in [1.82, 2.24) is 4.90 Å². The Hall–Kier alpha value is -2.78. The second-order valence-electron chi connectivity index (χ2n) is 6.44. The maximum atomic E-state index is 12.8. The SMILES string of the molecule is CCc1ccc(S(=O)(=O)N=C2SC(=Cc3ccc(O)c(OC)c3)C(=O)N2CC)cc1. The molecule has 0 atom stereocenters. The zero-order valence-corrected chi connectivity index (χ0v) is 18.5. The van der Waals surface area contributed by atoms with E-state index in [1.807, 2.05) is 6.92 Å². The van der Waals surface area contributed by atoms with Crippen molar-refractivity contribution in [3.63, 3.8) is 0 Å². The lowest BCUT2D eigenvalue weighted by Crippen LogP contribution is -2.29. The lowest BCUT2D eigenvalue weighted by molar-refractivity contribution is -0.122. The fourth-order valence-electron chi connectivity index (χ4n) is 2.84. The summed E-state index contributed by atoms with van der Waals surface area (Å²) in [6, 6.07) is 11.2. The topological polar surface area (TPSA) is 96.3 Å². The van der Waals surface area contributed by atoms with Gasteiger partial charge < -0.3 is 9.84 Å². The summed E-state index contributed by atoms with van der Waals surface area (Å²) >= 11 is 0.998. The molecule has 1 saturated heterocycles. The number of likely N-dealkylation sites (N-methyl/N-ethyl adjacent to an activating group) is 1. The summed E-state index contributed by atoms with van der Waals surface area (Å²) in [4.78, 5) is 14.5. The van der Waals surface area contributed by atoms with Crippen molar-refractivity contribution in [2.24, 2.45) is 4.40 Å². The molecule has 1 fully saturated rings. The van der Waals surface area contributed by atoms with Crippen LogP contribution in [-0.2, 0) is 21.2 Å². The highest BCUT2D eigenvalue weighted by atomic mass is 32.2. The Bertz CT molecular complexity index is 1120. The molecule has 9 heteroatoms. The van der Waals surface area contributed by atoms with E-state index in [4.69, 9.17) is 4.74 Å². The Morgan fingerprint density at radius 3 is 2.47 bits per heavy atom. The molecule has 30 heavy (non-hydrogen) atoms. The van der Waals surface area contributed by atoms with Crippen molar-refractivity contribution in [3.05, 3.63) is 58.5 Å². The van der Waals surface area contributed by atoms with E-state index in [2.05, 4.69) is 4.40 Å². The summed E-state index contributed by atoms with van der Waals surface area (Å²) < 4.78 is 34.5. The molecule has 3 rings (SSSR count). The average molecular weight is 447 g/mol. The second kappa shape index (κ2) is 8.93. The monoisotopic (exact) mass is 446 g/mol. The Balaban J connectivity index is 1.95. The first-order chi connectivity index (χ1) is 14.3. The summed E-state index contributed by atoms with van der Waals surface area (Å²) in [5.74, 6) is -0.0633. The minimum Gasteiger partial charge on any atom is -0.504 e. The zero-order chi connectivity index (χ0) is 21.9. The first-order valence-electron chi connectivity index (χ1n) is 9.31. The minimum absolute atomic E-state index is 0.0114. The van der Waals surface area contributed by atoms with Gasteiger partial charge in [0.15, 0.2) is 16.7 Å². The van der Waals surface area contributed by atoms with E-state index in [-0.39, 0.29) is 34.0 Å². The molecule has 7 nitrogen and oxygen atoms in total. The van der Waals surface area contributed by atoms with Crippen LogP contribution in [0.15, 0.2) is 56.7 Å². The van der Waals surface area contributed by atoms with Gasteiger partial charge in [0.1, 0.15) is 0 Å². The van der Waals surface area contributed by atoms with Crippen LogP contribution in [0.2, 0.25) is 0 Å². The van der Waals surface area contributed by atoms with Gasteiger partial charge in [0.2, 0.25) is 0 Å². The molecule has 0 unspecified atom stereocenters. The number of aryl methyl sites for hydroxylation is 1. The first-order valence-corrected chi connectivity index (χ1v) is 11.6. The molecule has 1 amide bonds. The van der Waals surface area contributed by atoms with Crippen molar-refractivity contribution < 1.29 is 23.1 Å². The first kappa shape index (κ1) is 21.9. The molecule has 1 aliphatic rings. The smallest absolute Gasteiger partial charge is 0.284 e. The molecule has 0 aliphatic carbocycles. The highest BCUT2D eigenvalue weighted by molar-refractivity contribution is 8.19. The number of rotatable bonds is 6. The number of phenolic OH excluding ortho intramolecular Hbond substituents is 1. The standard InChI is InChI=1S/C21H22N2O5S2/c1-4-14-6-9-16(10-7-14)30(26,27)22-21-23(5-2)20(25)19(29-21)13-15-8-11-17(24)18(12-15)28-3/h6-13,24H,4-5H2,1-3H3. The summed E-state index contributed by atoms with van der Waals surface area (Å²) in [7, 11) is -2.52. The summed E-state index contributed by atoms with van der Waals surface area (Å²) in [6.45, 7) is 4.02. The number of benzene rings is 2. The summed E-state index contributed by atoms with van der Waals surface area (Å²) in [5, 5.41) is 9.84. The lowest BCUT2D eigenvalue weighted by atomic mass is 10.2. The Morgan fingerprint density at radius 1 is 1.17 bits per heavy atom. The number of carbonyl (C=O) groups is 1. The highest BCUT2D eigenvalue weighted by Gasteiger charge is 2.34. The van der Waals surface area contributed by atoms with Gasteiger partial charge in [0.05, 0.1) is 16.9 Å². The number of hydrogen-bond donors (Lipinski definition) is 1. The molecule has 0 saturated carbocycles. The van der Waals surface area contributed by atoms with Gasteiger partial charge in [0, 0.05) is 6.54 Å². The van der Waals surface area contributed by atoms with Crippen LogP contribution < -0.4 is 4.74 Å². The Labute approximate surface area is 180 Å². The Kier molecular flexibility index (Phi) is 6.52. The predicted octanol–water partition coefficient (Wildman–Crippen LogP) is 3.64. The van der Waals surface area contributed by atoms with Crippen molar-refractivity contribution in [2.75, 3.05) is 13.7 Å². The van der Waals surface area contributed by atoms with Crippen LogP contribution in [0.3, 0.4) is 0 Å². The van der Waals surface area contributed by atoms with E-state index >= 15 is 0 Å². The number of nitrogens with zero attached hydrogens (tertiary/aromatic N) is 2. The third kappa shape index (κ3) is 4.52. The number of ether oxygens (including phenoxy) is 1. The van der Waals surface area contributed by atoms with Gasteiger partial charge >= 0.3 is 0 Å². The van der Waals surface area contributed by atoms with Gasteiger partial charge in [-0.25, -0.2) is 0 Å². The minimum atomic E-state index is -3.95. The van der Waals surface area contributed by atoms with E-state index in [0.29, 0.717) is 10.5 Å². The number of amidine groups is 1. The molecule has 0 bridgehead atoms. The van der Waals surface area contributed by atoms with Gasteiger partial charge in [-0.15, -0.1) is 4.40 Å². The van der Waals surface area contributed by atoms with Crippen LogP contribution in [0.1, 0.15) is 25.0 Å². The summed E-state index contributed by atoms with van der Waals surface area (Å²) in [6.07, 6.45) is 2.42. The summed E-state index contributed by atoms with van der Waals surface area (Å²) in [5.41, 5.74) is 1.66. The van der Waals surface area contributed by atoms with Gasteiger partial charge in [-0.3, -0.25) is 9.69 Å². The van der Waals surface area contributed by atoms with E-state index in [0.717, 1.165) is 23.7 Å². The van der Waals surface area contributed by atoms with Crippen LogP contribution in [0, 0.1) is 0 Å². The normalized spacial score (nSPS) is 17.2. The quantitative estimate of drug-likeness (QED) is 0.681. The number of methoxy groups -OCH3 is 1. The number of thioether (sulfide) groups is 1. The maximum absolute atomic E-state index is 12.8. The van der Waals surface area contributed by atoms with Crippen LogP contribution in [0.25, 0.3) is 6.08 Å². The predicted molar refractivity (Wildman–Crippen MR) is 118 cm³/mol. The van der Waals surface area contributed by atoms with Crippen molar-refractivity contribution in [1.29, 1.82) is 0 Å². The van der Waals surface area contributed by atoms with Gasteiger partial charge in [-0.2, -0.15) is 8.42 Å². The van der Waals surface area contributed by atoms with Gasteiger partial charge in [-0.1, -0.05) is 25.1 Å². The van der Waals surface area contributed by atoms with Crippen LogP contribution in [0.4, 0.5) is 0 Å². The van der Waals surface area contributed by atoms with Crippen LogP contribution in [0.5, 0.6) is 11.5 Å². The highest BCUT2D eigenvalue weighted by Crippen LogP contribution is 2.35. The number of aromatic hydroxyl groups is 1. The number of amides is 1. The molecule has 0 aromatic heterocycles. The second-order valence-corrected chi connectivity index (χ2v) is 9.05. The third-order valence-corrected chi connectivity index (χ3v) is 6.94. The largest absolute Gasteiger partial charge is 0.504 e. The molecule has 1 N–H and O–H groups in total. The molecule has 1 aliphatic heterocycles. The lowest BCUT2D eigenvalue weighted by Gasteiger charge is -2.12. The fourth-order valence-corrected chi connectivity index (χ4v) is 5.09. The molecule has 158 valence electrons. The average Bonchev–Trinajstić information content (AvgIpc) is 3.02. The molecule has 1 heterocycles. The Morgan fingerprint density at radius 2 is 1.87 bits per heavy atom. The number of hydrogen-bond acceptors (Lipinski definition) is 6. The molecule has 2 aromatic carbocycles. The van der Waals surface area contributed by atoms with E-state index < -0.39 is 10.0 Å². The molecule has 2 aromatic rings. The fraction of sp³-hybridized carbons (Fsp3) is 0.238. The number of carbonyl (C=O) groups excluding carboxylic acids is 1. The zero-order valence-electron chi connectivity index (χ0n) is 16.8.